The van der Waals surface area contributed by atoms with Gasteiger partial charge in [-0.05, 0) is 43.9 Å². The van der Waals surface area contributed by atoms with Crippen molar-refractivity contribution in [1.82, 2.24) is 5.32 Å². The molecule has 0 spiro atoms. The maximum Gasteiger partial charge on any atom is 0.319 e. The Labute approximate surface area is 143 Å². The van der Waals surface area contributed by atoms with Crippen LogP contribution < -0.4 is 20.7 Å². The molecule has 4 N–H and O–H groups in total. The van der Waals surface area contributed by atoms with Crippen molar-refractivity contribution >= 4 is 27.4 Å². The van der Waals surface area contributed by atoms with Crippen LogP contribution in [-0.4, -0.2) is 39.3 Å². The molecule has 1 saturated heterocycles. The monoisotopic (exact) mass is 354 g/mol. The van der Waals surface area contributed by atoms with Gasteiger partial charge in [0.25, 0.3) is 0 Å². The van der Waals surface area contributed by atoms with Gasteiger partial charge in [0.05, 0.1) is 5.25 Å². The minimum absolute atomic E-state index is 0.0334. The van der Waals surface area contributed by atoms with E-state index in [0.29, 0.717) is 5.69 Å². The van der Waals surface area contributed by atoms with E-state index in [1.807, 2.05) is 18.2 Å². The van der Waals surface area contributed by atoms with Gasteiger partial charge in [-0.25, -0.2) is 18.4 Å². The van der Waals surface area contributed by atoms with Crippen molar-refractivity contribution in [1.29, 1.82) is 0 Å². The van der Waals surface area contributed by atoms with Crippen molar-refractivity contribution in [3.8, 4) is 0 Å². The Kier molecular flexibility index (Phi) is 6.06. The Hall–Kier alpha value is -1.80. The number of benzene rings is 1. The van der Waals surface area contributed by atoms with Crippen LogP contribution in [0.4, 0.5) is 16.2 Å². The third-order valence-corrected chi connectivity index (χ3v) is 5.65. The summed E-state index contributed by atoms with van der Waals surface area (Å²) in [6.07, 6.45) is 2.34. The fraction of sp³-hybridized carbons (Fsp3) is 0.562. The molecule has 1 aromatic rings. The predicted octanol–water partition coefficient (Wildman–Crippen LogP) is 1.72. The molecule has 1 atom stereocenters. The molecular formula is C16H26N4O3S. The van der Waals surface area contributed by atoms with Crippen LogP contribution in [0.2, 0.25) is 0 Å². The van der Waals surface area contributed by atoms with Crippen LogP contribution in [0.25, 0.3) is 0 Å². The highest BCUT2D eigenvalue weighted by molar-refractivity contribution is 7.89. The van der Waals surface area contributed by atoms with Crippen LogP contribution in [0.3, 0.4) is 0 Å². The number of carbonyl (C=O) groups is 1. The number of primary sulfonamides is 1. The number of urea groups is 1. The Balaban J connectivity index is 1.91. The van der Waals surface area contributed by atoms with E-state index in [1.54, 1.807) is 6.07 Å². The Bertz CT molecular complexity index is 670. The second kappa shape index (κ2) is 7.85. The molecule has 0 bridgehead atoms. The first-order valence-electron chi connectivity index (χ1n) is 8.17. The number of nitrogens with one attached hydrogen (secondary N) is 2. The molecule has 0 aliphatic carbocycles. The molecule has 0 aromatic heterocycles. The molecule has 2 amide bonds. The van der Waals surface area contributed by atoms with Crippen molar-refractivity contribution in [2.75, 3.05) is 29.9 Å². The van der Waals surface area contributed by atoms with Crippen LogP contribution in [-0.2, 0) is 10.0 Å². The van der Waals surface area contributed by atoms with Gasteiger partial charge >= 0.3 is 6.03 Å². The van der Waals surface area contributed by atoms with Gasteiger partial charge in [-0.3, -0.25) is 0 Å². The summed E-state index contributed by atoms with van der Waals surface area (Å²) in [5.74, 6) is 0.758. The lowest BCUT2D eigenvalue weighted by molar-refractivity contribution is 0.252. The molecule has 0 unspecified atom stereocenters. The summed E-state index contributed by atoms with van der Waals surface area (Å²) in [7, 11) is -3.65. The summed E-state index contributed by atoms with van der Waals surface area (Å²) in [6.45, 7) is 5.72. The SMILES string of the molecule is CC1CCN(c2cccc(NC(=O)NC[C@@H](C)S(N)(=O)=O)c2)CC1. The fourth-order valence-corrected chi connectivity index (χ4v) is 2.89. The number of piperidine rings is 1. The van der Waals surface area contributed by atoms with Gasteiger partial charge < -0.3 is 15.5 Å². The molecule has 1 aromatic carbocycles. The first-order chi connectivity index (χ1) is 11.3. The number of sulfonamides is 1. The maximum absolute atomic E-state index is 11.9. The van der Waals surface area contributed by atoms with E-state index in [1.165, 1.54) is 19.8 Å². The highest BCUT2D eigenvalue weighted by atomic mass is 32.2. The van der Waals surface area contributed by atoms with Gasteiger partial charge in [0, 0.05) is 31.0 Å². The summed E-state index contributed by atoms with van der Waals surface area (Å²) < 4.78 is 22.3. The lowest BCUT2D eigenvalue weighted by Gasteiger charge is -2.32. The third-order valence-electron chi connectivity index (χ3n) is 4.36. The number of hydrogen-bond acceptors (Lipinski definition) is 4. The number of rotatable bonds is 5. The first kappa shape index (κ1) is 18.5. The van der Waals surface area contributed by atoms with E-state index >= 15 is 0 Å². The molecule has 0 radical (unpaired) electrons. The topological polar surface area (TPSA) is 105 Å². The molecule has 8 heteroatoms. The zero-order valence-electron chi connectivity index (χ0n) is 14.2. The molecule has 1 fully saturated rings. The van der Waals surface area contributed by atoms with Crippen molar-refractivity contribution in [3.05, 3.63) is 24.3 Å². The minimum atomic E-state index is -3.65. The first-order valence-corrected chi connectivity index (χ1v) is 9.78. The summed E-state index contributed by atoms with van der Waals surface area (Å²) in [5, 5.41) is 9.44. The molecule has 1 aliphatic heterocycles. The smallest absolute Gasteiger partial charge is 0.319 e. The van der Waals surface area contributed by atoms with Crippen molar-refractivity contribution < 1.29 is 13.2 Å². The van der Waals surface area contributed by atoms with Crippen LogP contribution in [0, 0.1) is 5.92 Å². The number of amides is 2. The average molecular weight is 354 g/mol. The van der Waals surface area contributed by atoms with Gasteiger partial charge in [0.15, 0.2) is 0 Å². The van der Waals surface area contributed by atoms with Gasteiger partial charge in [0.1, 0.15) is 0 Å². The average Bonchev–Trinajstić information content (AvgIpc) is 2.52. The van der Waals surface area contributed by atoms with E-state index < -0.39 is 21.3 Å². The second-order valence-corrected chi connectivity index (χ2v) is 8.44. The zero-order valence-corrected chi connectivity index (χ0v) is 15.0. The Morgan fingerprint density at radius 2 is 2.04 bits per heavy atom. The molecular weight excluding hydrogens is 328 g/mol. The quantitative estimate of drug-likeness (QED) is 0.749. The van der Waals surface area contributed by atoms with Crippen LogP contribution in [0.15, 0.2) is 24.3 Å². The molecule has 1 aliphatic rings. The highest BCUT2D eigenvalue weighted by Crippen LogP contribution is 2.25. The summed E-state index contributed by atoms with van der Waals surface area (Å²) >= 11 is 0. The van der Waals surface area contributed by atoms with Gasteiger partial charge in [-0.15, -0.1) is 0 Å². The fourth-order valence-electron chi connectivity index (χ4n) is 2.58. The number of hydrogen-bond donors (Lipinski definition) is 3. The molecule has 1 heterocycles. The molecule has 24 heavy (non-hydrogen) atoms. The standard InChI is InChI=1S/C16H26N4O3S/c1-12-6-8-20(9-7-12)15-5-3-4-14(10-15)19-16(21)18-11-13(2)24(17,22)23/h3-5,10,12-13H,6-9,11H2,1-2H3,(H2,17,22,23)(H2,18,19,21)/t13-/m1/s1. The third kappa shape index (κ3) is 5.38. The van der Waals surface area contributed by atoms with E-state index in [9.17, 15) is 13.2 Å². The van der Waals surface area contributed by atoms with Crippen LogP contribution >= 0.6 is 0 Å². The van der Waals surface area contributed by atoms with Gasteiger partial charge in [0.2, 0.25) is 10.0 Å². The Morgan fingerprint density at radius 3 is 2.67 bits per heavy atom. The number of anilines is 2. The number of nitrogens with zero attached hydrogens (tertiary/aromatic N) is 1. The van der Waals surface area contributed by atoms with Crippen molar-refractivity contribution in [3.63, 3.8) is 0 Å². The van der Waals surface area contributed by atoms with Crippen molar-refractivity contribution in [2.24, 2.45) is 11.1 Å². The molecule has 0 saturated carbocycles. The minimum Gasteiger partial charge on any atom is -0.371 e. The van der Waals surface area contributed by atoms with Crippen molar-refractivity contribution in [2.45, 2.75) is 31.9 Å². The van der Waals surface area contributed by atoms with Crippen LogP contribution in [0.5, 0.6) is 0 Å². The molecule has 2 rings (SSSR count). The zero-order chi connectivity index (χ0) is 17.7. The predicted molar refractivity (Wildman–Crippen MR) is 96.6 cm³/mol. The molecule has 134 valence electrons. The second-order valence-electron chi connectivity index (χ2n) is 6.45. The summed E-state index contributed by atoms with van der Waals surface area (Å²) in [6, 6.07) is 7.21. The highest BCUT2D eigenvalue weighted by Gasteiger charge is 2.18. The number of carbonyl (C=O) groups excluding carboxylic acids is 1. The van der Waals surface area contributed by atoms with E-state index in [4.69, 9.17) is 5.14 Å². The maximum atomic E-state index is 11.9. The lowest BCUT2D eigenvalue weighted by Crippen LogP contribution is -2.39. The summed E-state index contributed by atoms with van der Waals surface area (Å²) in [4.78, 5) is 14.2. The molecule has 7 nitrogen and oxygen atoms in total. The summed E-state index contributed by atoms with van der Waals surface area (Å²) in [5.41, 5.74) is 1.75. The largest absolute Gasteiger partial charge is 0.371 e. The van der Waals surface area contributed by atoms with Gasteiger partial charge in [-0.2, -0.15) is 0 Å². The van der Waals surface area contributed by atoms with E-state index in [-0.39, 0.29) is 6.54 Å². The normalized spacial score (nSPS) is 17.4. The Morgan fingerprint density at radius 1 is 1.38 bits per heavy atom. The lowest BCUT2D eigenvalue weighted by atomic mass is 9.99. The van der Waals surface area contributed by atoms with E-state index in [0.717, 1.165) is 24.7 Å². The van der Waals surface area contributed by atoms with Gasteiger partial charge in [-0.1, -0.05) is 13.0 Å². The van der Waals surface area contributed by atoms with E-state index in [2.05, 4.69) is 22.5 Å². The number of nitrogens with two attached hydrogens (primary N) is 1. The van der Waals surface area contributed by atoms with Crippen LogP contribution in [0.1, 0.15) is 26.7 Å².